The second-order valence-electron chi connectivity index (χ2n) is 5.98. The van der Waals surface area contributed by atoms with Gasteiger partial charge in [0.1, 0.15) is 0 Å². The molecule has 0 aliphatic heterocycles. The number of nitrogen functional groups attached to an aromatic ring is 1. The normalized spacial score (nSPS) is 15.7. The lowest BCUT2D eigenvalue weighted by Crippen LogP contribution is -2.36. The minimum absolute atomic E-state index is 0.0293. The van der Waals surface area contributed by atoms with Gasteiger partial charge in [0.05, 0.1) is 0 Å². The van der Waals surface area contributed by atoms with Gasteiger partial charge in [0, 0.05) is 30.4 Å². The number of rotatable bonds is 7. The number of anilines is 1. The fraction of sp³-hybridized carbons (Fsp3) is 0.588. The van der Waals surface area contributed by atoms with Gasteiger partial charge in [-0.1, -0.05) is 25.3 Å². The topological polar surface area (TPSA) is 87.4 Å². The summed E-state index contributed by atoms with van der Waals surface area (Å²) in [6.07, 6.45) is 6.55. The minimum atomic E-state index is -0.0293. The van der Waals surface area contributed by atoms with Crippen LogP contribution < -0.4 is 16.4 Å². The van der Waals surface area contributed by atoms with Crippen LogP contribution in [0.5, 0.6) is 0 Å². The zero-order chi connectivity index (χ0) is 15.8. The number of carbonyl (C=O) groups excluding carboxylic acids is 1. The van der Waals surface area contributed by atoms with Crippen LogP contribution in [0.15, 0.2) is 18.2 Å². The summed E-state index contributed by atoms with van der Waals surface area (Å²) >= 11 is 0. The van der Waals surface area contributed by atoms with E-state index in [2.05, 4.69) is 10.6 Å². The maximum Gasteiger partial charge on any atom is 0.251 e. The van der Waals surface area contributed by atoms with Crippen LogP contribution >= 0.6 is 0 Å². The van der Waals surface area contributed by atoms with Gasteiger partial charge in [0.15, 0.2) is 0 Å². The monoisotopic (exact) mass is 305 g/mol. The molecule has 0 atom stereocenters. The molecule has 1 aliphatic carbocycles. The molecule has 1 aliphatic rings. The third-order valence-corrected chi connectivity index (χ3v) is 4.18. The molecule has 0 spiro atoms. The van der Waals surface area contributed by atoms with E-state index in [9.17, 15) is 4.79 Å². The highest BCUT2D eigenvalue weighted by atomic mass is 16.3. The van der Waals surface area contributed by atoms with Gasteiger partial charge < -0.3 is 21.5 Å². The molecule has 2 rings (SSSR count). The third kappa shape index (κ3) is 5.00. The average molecular weight is 305 g/mol. The number of aliphatic hydroxyl groups is 1. The molecule has 0 bridgehead atoms. The second-order valence-corrected chi connectivity index (χ2v) is 5.98. The Morgan fingerprint density at radius 1 is 1.27 bits per heavy atom. The highest BCUT2D eigenvalue weighted by Gasteiger charge is 2.17. The van der Waals surface area contributed by atoms with Crippen molar-refractivity contribution in [2.75, 3.05) is 18.9 Å². The molecule has 0 radical (unpaired) electrons. The molecular weight excluding hydrogens is 278 g/mol. The van der Waals surface area contributed by atoms with E-state index < -0.39 is 0 Å². The largest absolute Gasteiger partial charge is 0.398 e. The van der Waals surface area contributed by atoms with Crippen molar-refractivity contribution in [2.24, 2.45) is 0 Å². The molecule has 22 heavy (non-hydrogen) atoms. The van der Waals surface area contributed by atoms with E-state index in [-0.39, 0.29) is 12.5 Å². The Bertz CT molecular complexity index is 485. The number of amides is 1. The molecule has 1 fully saturated rings. The van der Waals surface area contributed by atoms with E-state index in [1.165, 1.54) is 19.3 Å². The lowest BCUT2D eigenvalue weighted by atomic mass is 9.95. The smallest absolute Gasteiger partial charge is 0.251 e. The average Bonchev–Trinajstić information content (AvgIpc) is 2.53. The number of hydrogen-bond acceptors (Lipinski definition) is 4. The summed E-state index contributed by atoms with van der Waals surface area (Å²) in [7, 11) is 0. The Kier molecular flexibility index (Phi) is 6.68. The lowest BCUT2D eigenvalue weighted by molar-refractivity contribution is 0.0927. The molecular formula is C17H27N3O2. The van der Waals surface area contributed by atoms with Crippen molar-refractivity contribution in [1.29, 1.82) is 0 Å². The fourth-order valence-corrected chi connectivity index (χ4v) is 2.84. The Labute approximate surface area is 132 Å². The second kappa shape index (κ2) is 8.76. The van der Waals surface area contributed by atoms with Gasteiger partial charge >= 0.3 is 0 Å². The van der Waals surface area contributed by atoms with Crippen LogP contribution in [0.3, 0.4) is 0 Å². The molecule has 5 N–H and O–H groups in total. The summed E-state index contributed by atoms with van der Waals surface area (Å²) in [6.45, 7) is 1.58. The first kappa shape index (κ1) is 16.8. The molecule has 0 saturated heterocycles. The Morgan fingerprint density at radius 3 is 2.73 bits per heavy atom. The van der Waals surface area contributed by atoms with Gasteiger partial charge in [-0.05, 0) is 43.5 Å². The molecule has 0 unspecified atom stereocenters. The van der Waals surface area contributed by atoms with Crippen molar-refractivity contribution < 1.29 is 9.90 Å². The van der Waals surface area contributed by atoms with E-state index in [1.54, 1.807) is 6.07 Å². The number of nitrogens with two attached hydrogens (primary N) is 1. The van der Waals surface area contributed by atoms with Crippen LogP contribution in [-0.4, -0.2) is 30.2 Å². The van der Waals surface area contributed by atoms with Crippen molar-refractivity contribution in [3.05, 3.63) is 29.3 Å². The van der Waals surface area contributed by atoms with Gasteiger partial charge in [-0.2, -0.15) is 0 Å². The first-order valence-electron chi connectivity index (χ1n) is 8.21. The third-order valence-electron chi connectivity index (χ3n) is 4.18. The number of benzene rings is 1. The van der Waals surface area contributed by atoms with E-state index >= 15 is 0 Å². The van der Waals surface area contributed by atoms with E-state index in [0.29, 0.717) is 23.8 Å². The quantitative estimate of drug-likeness (QED) is 0.457. The van der Waals surface area contributed by atoms with Crippen LogP contribution in [0.1, 0.15) is 54.4 Å². The van der Waals surface area contributed by atoms with Crippen LogP contribution in [0.2, 0.25) is 0 Å². The summed E-state index contributed by atoms with van der Waals surface area (Å²) in [5.41, 5.74) is 8.28. The highest BCUT2D eigenvalue weighted by Crippen LogP contribution is 2.19. The number of hydrogen-bond donors (Lipinski definition) is 4. The summed E-state index contributed by atoms with van der Waals surface area (Å²) in [6, 6.07) is 5.79. The zero-order valence-electron chi connectivity index (χ0n) is 13.1. The molecule has 1 aromatic rings. The predicted molar refractivity (Wildman–Crippen MR) is 88.6 cm³/mol. The van der Waals surface area contributed by atoms with Crippen LogP contribution in [0.4, 0.5) is 5.69 Å². The van der Waals surface area contributed by atoms with Crippen LogP contribution in [-0.2, 0) is 6.54 Å². The van der Waals surface area contributed by atoms with Gasteiger partial charge in [-0.25, -0.2) is 0 Å². The van der Waals surface area contributed by atoms with E-state index in [0.717, 1.165) is 31.4 Å². The Hall–Kier alpha value is -1.59. The summed E-state index contributed by atoms with van der Waals surface area (Å²) in [5.74, 6) is -0.0293. The summed E-state index contributed by atoms with van der Waals surface area (Å²) in [5, 5.41) is 15.1. The maximum atomic E-state index is 12.3. The van der Waals surface area contributed by atoms with Crippen molar-refractivity contribution >= 4 is 11.6 Å². The highest BCUT2D eigenvalue weighted by molar-refractivity contribution is 5.95. The maximum absolute atomic E-state index is 12.3. The van der Waals surface area contributed by atoms with Crippen molar-refractivity contribution in [2.45, 2.75) is 51.1 Å². The zero-order valence-corrected chi connectivity index (χ0v) is 13.1. The Balaban J connectivity index is 1.88. The first-order valence-corrected chi connectivity index (χ1v) is 8.21. The molecule has 1 amide bonds. The molecule has 122 valence electrons. The van der Waals surface area contributed by atoms with Gasteiger partial charge in [-0.15, -0.1) is 0 Å². The molecule has 1 aromatic carbocycles. The number of aliphatic hydroxyl groups excluding tert-OH is 1. The SMILES string of the molecule is Nc1cc(C(=O)NC2CCCCC2)ccc1CNCCCO. The van der Waals surface area contributed by atoms with E-state index in [4.69, 9.17) is 10.8 Å². The van der Waals surface area contributed by atoms with Gasteiger partial charge in [0.25, 0.3) is 5.91 Å². The first-order chi connectivity index (χ1) is 10.7. The van der Waals surface area contributed by atoms with E-state index in [1.807, 2.05) is 12.1 Å². The van der Waals surface area contributed by atoms with Gasteiger partial charge in [-0.3, -0.25) is 4.79 Å². The van der Waals surface area contributed by atoms with Crippen LogP contribution in [0, 0.1) is 0 Å². The molecule has 1 saturated carbocycles. The summed E-state index contributed by atoms with van der Waals surface area (Å²) < 4.78 is 0. The minimum Gasteiger partial charge on any atom is -0.398 e. The van der Waals surface area contributed by atoms with Gasteiger partial charge in [0.2, 0.25) is 0 Å². The molecule has 5 heteroatoms. The van der Waals surface area contributed by atoms with Crippen molar-refractivity contribution in [3.8, 4) is 0 Å². The van der Waals surface area contributed by atoms with Crippen LogP contribution in [0.25, 0.3) is 0 Å². The Morgan fingerprint density at radius 2 is 2.05 bits per heavy atom. The lowest BCUT2D eigenvalue weighted by Gasteiger charge is -2.22. The summed E-state index contributed by atoms with van der Waals surface area (Å²) in [4.78, 5) is 12.3. The molecule has 0 heterocycles. The van der Waals surface area contributed by atoms with Crippen molar-refractivity contribution in [1.82, 2.24) is 10.6 Å². The van der Waals surface area contributed by atoms with Crippen molar-refractivity contribution in [3.63, 3.8) is 0 Å². The standard InChI is InChI=1S/C17H27N3O2/c18-16-11-13(7-8-14(16)12-19-9-4-10-21)17(22)20-15-5-2-1-3-6-15/h7-8,11,15,19,21H,1-6,9-10,12,18H2,(H,20,22). The molecule has 0 aromatic heterocycles. The fourth-order valence-electron chi connectivity index (χ4n) is 2.84. The number of nitrogens with one attached hydrogen (secondary N) is 2. The number of carbonyl (C=O) groups is 1. The predicted octanol–water partition coefficient (Wildman–Crippen LogP) is 1.80. The molecule has 5 nitrogen and oxygen atoms in total.